The topological polar surface area (TPSA) is 41.1 Å². The Bertz CT molecular complexity index is 554. The van der Waals surface area contributed by atoms with Gasteiger partial charge in [0.25, 0.3) is 0 Å². The first-order chi connectivity index (χ1) is 9.59. The molecule has 1 atom stereocenters. The summed E-state index contributed by atoms with van der Waals surface area (Å²) in [4.78, 5) is 10.8. The van der Waals surface area contributed by atoms with Gasteiger partial charge in [-0.25, -0.2) is 9.97 Å². The molecule has 0 unspecified atom stereocenters. The van der Waals surface area contributed by atoms with Crippen molar-refractivity contribution in [3.63, 3.8) is 0 Å². The average molecular weight is 270 g/mol. The molecule has 4 heteroatoms. The molecule has 1 N–H and O–H groups in total. The Morgan fingerprint density at radius 3 is 2.55 bits per heavy atom. The Labute approximate surface area is 120 Å². The SMILES string of the molecule is Cc1ncnc(NC[C@@H](C)N(C)c2ccccc2)c1C. The van der Waals surface area contributed by atoms with Gasteiger partial charge >= 0.3 is 0 Å². The number of rotatable bonds is 5. The summed E-state index contributed by atoms with van der Waals surface area (Å²) in [5.74, 6) is 0.922. The van der Waals surface area contributed by atoms with Gasteiger partial charge in [-0.2, -0.15) is 0 Å². The molecule has 0 bridgehead atoms. The van der Waals surface area contributed by atoms with Crippen LogP contribution in [-0.2, 0) is 0 Å². The fourth-order valence-electron chi connectivity index (χ4n) is 2.02. The molecule has 0 saturated carbocycles. The number of aromatic nitrogens is 2. The van der Waals surface area contributed by atoms with Gasteiger partial charge in [0.1, 0.15) is 12.1 Å². The fourth-order valence-corrected chi connectivity index (χ4v) is 2.02. The van der Waals surface area contributed by atoms with Crippen molar-refractivity contribution in [2.45, 2.75) is 26.8 Å². The first-order valence-electron chi connectivity index (χ1n) is 6.89. The van der Waals surface area contributed by atoms with Crippen LogP contribution >= 0.6 is 0 Å². The maximum absolute atomic E-state index is 4.30. The zero-order valence-corrected chi connectivity index (χ0v) is 12.6. The third-order valence-electron chi connectivity index (χ3n) is 3.73. The Morgan fingerprint density at radius 1 is 1.15 bits per heavy atom. The Balaban J connectivity index is 1.98. The average Bonchev–Trinajstić information content (AvgIpc) is 2.48. The largest absolute Gasteiger partial charge is 0.370 e. The molecular formula is C16H22N4. The summed E-state index contributed by atoms with van der Waals surface area (Å²) in [6.45, 7) is 7.08. The van der Waals surface area contributed by atoms with Gasteiger partial charge in [0.05, 0.1) is 0 Å². The van der Waals surface area contributed by atoms with Crippen molar-refractivity contribution in [3.05, 3.63) is 47.9 Å². The molecule has 0 aliphatic carbocycles. The van der Waals surface area contributed by atoms with Gasteiger partial charge in [-0.3, -0.25) is 0 Å². The van der Waals surface area contributed by atoms with Crippen LogP contribution in [0.1, 0.15) is 18.2 Å². The normalized spacial score (nSPS) is 12.0. The number of hydrogen-bond donors (Lipinski definition) is 1. The van der Waals surface area contributed by atoms with Crippen LogP contribution in [0, 0.1) is 13.8 Å². The Morgan fingerprint density at radius 2 is 1.85 bits per heavy atom. The molecule has 1 aromatic carbocycles. The fraction of sp³-hybridized carbons (Fsp3) is 0.375. The maximum Gasteiger partial charge on any atom is 0.132 e. The standard InChI is InChI=1S/C16H22N4/c1-12(20(4)15-8-6-5-7-9-15)10-17-16-13(2)14(3)18-11-19-16/h5-9,11-12H,10H2,1-4H3,(H,17,18,19)/t12-/m1/s1. The van der Waals surface area contributed by atoms with Crippen LogP contribution in [0.4, 0.5) is 11.5 Å². The first kappa shape index (κ1) is 14.3. The second kappa shape index (κ2) is 6.37. The van der Waals surface area contributed by atoms with Crippen LogP contribution in [-0.4, -0.2) is 29.6 Å². The molecule has 0 radical (unpaired) electrons. The monoisotopic (exact) mass is 270 g/mol. The predicted octanol–water partition coefficient (Wildman–Crippen LogP) is 3.03. The lowest BCUT2D eigenvalue weighted by atomic mass is 10.2. The molecule has 0 fully saturated rings. The highest BCUT2D eigenvalue weighted by Crippen LogP contribution is 2.16. The molecule has 2 aromatic rings. The molecule has 20 heavy (non-hydrogen) atoms. The van der Waals surface area contributed by atoms with Crippen molar-refractivity contribution >= 4 is 11.5 Å². The van der Waals surface area contributed by atoms with Crippen LogP contribution in [0.2, 0.25) is 0 Å². The summed E-state index contributed by atoms with van der Waals surface area (Å²) in [7, 11) is 2.11. The van der Waals surface area contributed by atoms with Gasteiger partial charge in [0.2, 0.25) is 0 Å². The molecule has 1 heterocycles. The zero-order valence-electron chi connectivity index (χ0n) is 12.6. The van der Waals surface area contributed by atoms with E-state index in [2.05, 4.69) is 58.4 Å². The van der Waals surface area contributed by atoms with Crippen LogP contribution in [0.5, 0.6) is 0 Å². The lowest BCUT2D eigenvalue weighted by Crippen LogP contribution is -2.35. The van der Waals surface area contributed by atoms with Crippen molar-refractivity contribution in [2.24, 2.45) is 0 Å². The molecule has 0 aliphatic heterocycles. The highest BCUT2D eigenvalue weighted by Gasteiger charge is 2.11. The third-order valence-corrected chi connectivity index (χ3v) is 3.73. The second-order valence-electron chi connectivity index (χ2n) is 5.11. The lowest BCUT2D eigenvalue weighted by molar-refractivity contribution is 0.713. The number of anilines is 2. The van der Waals surface area contributed by atoms with E-state index < -0.39 is 0 Å². The second-order valence-corrected chi connectivity index (χ2v) is 5.11. The van der Waals surface area contributed by atoms with Gasteiger partial charge in [-0.15, -0.1) is 0 Å². The number of benzene rings is 1. The van der Waals surface area contributed by atoms with Crippen LogP contribution < -0.4 is 10.2 Å². The van der Waals surface area contributed by atoms with Gasteiger partial charge < -0.3 is 10.2 Å². The van der Waals surface area contributed by atoms with E-state index in [0.717, 1.165) is 23.6 Å². The Hall–Kier alpha value is -2.10. The number of para-hydroxylation sites is 1. The molecule has 106 valence electrons. The summed E-state index contributed by atoms with van der Waals surface area (Å²) in [6, 6.07) is 10.8. The van der Waals surface area contributed by atoms with E-state index in [1.165, 1.54) is 5.69 Å². The van der Waals surface area contributed by atoms with E-state index in [1.54, 1.807) is 6.33 Å². The van der Waals surface area contributed by atoms with E-state index in [-0.39, 0.29) is 0 Å². The van der Waals surface area contributed by atoms with Crippen LogP contribution in [0.3, 0.4) is 0 Å². The maximum atomic E-state index is 4.30. The zero-order chi connectivity index (χ0) is 14.5. The lowest BCUT2D eigenvalue weighted by Gasteiger charge is -2.27. The number of nitrogens with one attached hydrogen (secondary N) is 1. The van der Waals surface area contributed by atoms with Gasteiger partial charge in [-0.1, -0.05) is 18.2 Å². The van der Waals surface area contributed by atoms with E-state index in [1.807, 2.05) is 19.9 Å². The van der Waals surface area contributed by atoms with Crippen molar-refractivity contribution in [3.8, 4) is 0 Å². The number of hydrogen-bond acceptors (Lipinski definition) is 4. The van der Waals surface area contributed by atoms with Crippen LogP contribution in [0.25, 0.3) is 0 Å². The molecule has 4 nitrogen and oxygen atoms in total. The third kappa shape index (κ3) is 3.26. The molecule has 0 spiro atoms. The summed E-state index contributed by atoms with van der Waals surface area (Å²) in [5.41, 5.74) is 3.35. The van der Waals surface area contributed by atoms with Crippen molar-refractivity contribution < 1.29 is 0 Å². The number of nitrogens with zero attached hydrogens (tertiary/aromatic N) is 3. The quantitative estimate of drug-likeness (QED) is 0.906. The van der Waals surface area contributed by atoms with Crippen LogP contribution in [0.15, 0.2) is 36.7 Å². The number of aryl methyl sites for hydroxylation is 1. The van der Waals surface area contributed by atoms with E-state index in [0.29, 0.717) is 6.04 Å². The van der Waals surface area contributed by atoms with Gasteiger partial charge in [-0.05, 0) is 32.9 Å². The van der Waals surface area contributed by atoms with E-state index in [9.17, 15) is 0 Å². The van der Waals surface area contributed by atoms with Crippen molar-refractivity contribution in [1.29, 1.82) is 0 Å². The minimum Gasteiger partial charge on any atom is -0.370 e. The molecule has 2 rings (SSSR count). The van der Waals surface area contributed by atoms with E-state index >= 15 is 0 Å². The Kier molecular flexibility index (Phi) is 4.56. The summed E-state index contributed by atoms with van der Waals surface area (Å²) < 4.78 is 0. The molecule has 1 aromatic heterocycles. The van der Waals surface area contributed by atoms with Crippen molar-refractivity contribution in [2.75, 3.05) is 23.8 Å². The van der Waals surface area contributed by atoms with Gasteiger partial charge in [0, 0.05) is 36.6 Å². The minimum atomic E-state index is 0.368. The van der Waals surface area contributed by atoms with Crippen molar-refractivity contribution in [1.82, 2.24) is 9.97 Å². The highest BCUT2D eigenvalue weighted by molar-refractivity contribution is 5.48. The highest BCUT2D eigenvalue weighted by atomic mass is 15.2. The minimum absolute atomic E-state index is 0.368. The molecule has 0 saturated heterocycles. The predicted molar refractivity (Wildman–Crippen MR) is 84.3 cm³/mol. The van der Waals surface area contributed by atoms with E-state index in [4.69, 9.17) is 0 Å². The summed E-state index contributed by atoms with van der Waals surface area (Å²) in [5, 5.41) is 3.41. The van der Waals surface area contributed by atoms with Gasteiger partial charge in [0.15, 0.2) is 0 Å². The molecule has 0 amide bonds. The number of likely N-dealkylation sites (N-methyl/N-ethyl adjacent to an activating group) is 1. The first-order valence-corrected chi connectivity index (χ1v) is 6.89. The molecular weight excluding hydrogens is 248 g/mol. The molecule has 0 aliphatic rings. The summed E-state index contributed by atoms with van der Waals surface area (Å²) >= 11 is 0. The summed E-state index contributed by atoms with van der Waals surface area (Å²) in [6.07, 6.45) is 1.61. The smallest absolute Gasteiger partial charge is 0.132 e.